The normalized spacial score (nSPS) is 10.3. The van der Waals surface area contributed by atoms with Gasteiger partial charge in [0, 0.05) is 0 Å². The summed E-state index contributed by atoms with van der Waals surface area (Å²) in [5, 5.41) is 9.05. The van der Waals surface area contributed by atoms with Crippen LogP contribution < -0.4 is 0 Å². The van der Waals surface area contributed by atoms with Crippen molar-refractivity contribution in [1.82, 2.24) is 0 Å². The Kier molecular flexibility index (Phi) is 4.35. The molecule has 0 atom stereocenters. The number of rotatable bonds is 5. The highest BCUT2D eigenvalue weighted by atomic mass is 16.4. The fraction of sp³-hybridized carbons (Fsp3) is 0.462. The van der Waals surface area contributed by atoms with Crippen LogP contribution in [0.5, 0.6) is 0 Å². The molecule has 15 heavy (non-hydrogen) atoms. The molecule has 0 saturated heterocycles. The first kappa shape index (κ1) is 11.8. The molecule has 1 aromatic rings. The van der Waals surface area contributed by atoms with E-state index in [1.807, 2.05) is 19.1 Å². The number of aryl methyl sites for hydroxylation is 1. The van der Waals surface area contributed by atoms with Gasteiger partial charge in [-0.1, -0.05) is 31.9 Å². The lowest BCUT2D eigenvalue weighted by atomic mass is 9.97. The van der Waals surface area contributed by atoms with Gasteiger partial charge in [-0.25, -0.2) is 4.79 Å². The highest BCUT2D eigenvalue weighted by Gasteiger charge is 2.10. The van der Waals surface area contributed by atoms with Crippen LogP contribution in [-0.4, -0.2) is 11.1 Å². The molecule has 0 spiro atoms. The topological polar surface area (TPSA) is 37.3 Å². The molecule has 2 nitrogen and oxygen atoms in total. The molecule has 0 aliphatic carbocycles. The molecule has 0 heterocycles. The van der Waals surface area contributed by atoms with E-state index in [2.05, 4.69) is 6.92 Å². The zero-order chi connectivity index (χ0) is 11.3. The number of unbranched alkanes of at least 4 members (excludes halogenated alkanes) is 2. The van der Waals surface area contributed by atoms with E-state index in [1.54, 1.807) is 6.07 Å². The Labute approximate surface area is 90.9 Å². The van der Waals surface area contributed by atoms with Gasteiger partial charge in [0.15, 0.2) is 0 Å². The average Bonchev–Trinajstić information content (AvgIpc) is 2.20. The predicted octanol–water partition coefficient (Wildman–Crippen LogP) is 3.43. The Morgan fingerprint density at radius 1 is 1.33 bits per heavy atom. The van der Waals surface area contributed by atoms with Gasteiger partial charge in [0.25, 0.3) is 0 Å². The third-order valence-electron chi connectivity index (χ3n) is 2.67. The van der Waals surface area contributed by atoms with Crippen molar-refractivity contribution in [2.75, 3.05) is 0 Å². The van der Waals surface area contributed by atoms with E-state index in [4.69, 9.17) is 5.11 Å². The lowest BCUT2D eigenvalue weighted by Crippen LogP contribution is -2.04. The molecule has 0 aromatic heterocycles. The number of hydrogen-bond donors (Lipinski definition) is 1. The van der Waals surface area contributed by atoms with E-state index in [0.717, 1.165) is 36.8 Å². The molecule has 0 fully saturated rings. The summed E-state index contributed by atoms with van der Waals surface area (Å²) in [5.74, 6) is -0.815. The Morgan fingerprint density at radius 2 is 2.07 bits per heavy atom. The number of carboxylic acids is 1. The maximum absolute atomic E-state index is 11.0. The second-order valence-corrected chi connectivity index (χ2v) is 3.86. The number of carbonyl (C=O) groups is 1. The van der Waals surface area contributed by atoms with Gasteiger partial charge in [-0.2, -0.15) is 0 Å². The summed E-state index contributed by atoms with van der Waals surface area (Å²) >= 11 is 0. The van der Waals surface area contributed by atoms with Gasteiger partial charge in [0.1, 0.15) is 0 Å². The highest BCUT2D eigenvalue weighted by molar-refractivity contribution is 5.89. The summed E-state index contributed by atoms with van der Waals surface area (Å²) in [5.41, 5.74) is 2.55. The molecule has 1 aromatic carbocycles. The SMILES string of the molecule is CCCCCc1c(C)cccc1C(=O)O. The molecule has 0 bridgehead atoms. The summed E-state index contributed by atoms with van der Waals surface area (Å²) < 4.78 is 0. The molecule has 0 aliphatic heterocycles. The van der Waals surface area contributed by atoms with Gasteiger partial charge in [-0.3, -0.25) is 0 Å². The van der Waals surface area contributed by atoms with Gasteiger partial charge in [0.05, 0.1) is 5.56 Å². The fourth-order valence-electron chi connectivity index (χ4n) is 1.79. The first-order valence-electron chi connectivity index (χ1n) is 5.48. The van der Waals surface area contributed by atoms with Crippen molar-refractivity contribution in [3.63, 3.8) is 0 Å². The lowest BCUT2D eigenvalue weighted by Gasteiger charge is -2.09. The largest absolute Gasteiger partial charge is 0.478 e. The number of benzene rings is 1. The van der Waals surface area contributed by atoms with Crippen molar-refractivity contribution < 1.29 is 9.90 Å². The summed E-state index contributed by atoms with van der Waals surface area (Å²) in [6, 6.07) is 5.48. The Hall–Kier alpha value is -1.31. The molecular formula is C13H18O2. The molecule has 0 unspecified atom stereocenters. The predicted molar refractivity (Wildman–Crippen MR) is 61.4 cm³/mol. The standard InChI is InChI=1S/C13H18O2/c1-3-4-5-8-11-10(2)7-6-9-12(11)13(14)15/h6-7,9H,3-5,8H2,1-2H3,(H,14,15). The van der Waals surface area contributed by atoms with Gasteiger partial charge < -0.3 is 5.11 Å². The van der Waals surface area contributed by atoms with Crippen molar-refractivity contribution in [2.45, 2.75) is 39.5 Å². The van der Waals surface area contributed by atoms with Gasteiger partial charge in [-0.05, 0) is 37.0 Å². The van der Waals surface area contributed by atoms with Crippen LogP contribution in [0.15, 0.2) is 18.2 Å². The van der Waals surface area contributed by atoms with Gasteiger partial charge in [0.2, 0.25) is 0 Å². The first-order chi connectivity index (χ1) is 7.16. The second kappa shape index (κ2) is 5.54. The van der Waals surface area contributed by atoms with Gasteiger partial charge >= 0.3 is 5.97 Å². The molecular weight excluding hydrogens is 188 g/mol. The third-order valence-corrected chi connectivity index (χ3v) is 2.67. The Bertz CT molecular complexity index is 342. The van der Waals surface area contributed by atoms with Crippen LogP contribution >= 0.6 is 0 Å². The van der Waals surface area contributed by atoms with Crippen LogP contribution in [0.1, 0.15) is 47.7 Å². The third kappa shape index (κ3) is 3.08. The van der Waals surface area contributed by atoms with Crippen LogP contribution in [0.25, 0.3) is 0 Å². The molecule has 0 saturated carbocycles. The van der Waals surface area contributed by atoms with E-state index in [9.17, 15) is 4.79 Å². The van der Waals surface area contributed by atoms with E-state index in [1.165, 1.54) is 0 Å². The zero-order valence-electron chi connectivity index (χ0n) is 9.42. The van der Waals surface area contributed by atoms with E-state index in [0.29, 0.717) is 5.56 Å². The Balaban J connectivity index is 2.87. The van der Waals surface area contributed by atoms with Crippen LogP contribution in [0.3, 0.4) is 0 Å². The molecule has 1 rings (SSSR count). The average molecular weight is 206 g/mol. The van der Waals surface area contributed by atoms with Crippen LogP contribution in [0, 0.1) is 6.92 Å². The minimum Gasteiger partial charge on any atom is -0.478 e. The zero-order valence-corrected chi connectivity index (χ0v) is 9.42. The minimum atomic E-state index is -0.815. The molecule has 82 valence electrons. The van der Waals surface area contributed by atoms with Crippen molar-refractivity contribution in [1.29, 1.82) is 0 Å². The van der Waals surface area contributed by atoms with Crippen molar-refractivity contribution >= 4 is 5.97 Å². The summed E-state index contributed by atoms with van der Waals surface area (Å²) in [7, 11) is 0. The van der Waals surface area contributed by atoms with Crippen LogP contribution in [0.2, 0.25) is 0 Å². The van der Waals surface area contributed by atoms with Gasteiger partial charge in [-0.15, -0.1) is 0 Å². The smallest absolute Gasteiger partial charge is 0.335 e. The molecule has 0 amide bonds. The number of aromatic carboxylic acids is 1. The second-order valence-electron chi connectivity index (χ2n) is 3.86. The fourth-order valence-corrected chi connectivity index (χ4v) is 1.79. The van der Waals surface area contributed by atoms with E-state index in [-0.39, 0.29) is 0 Å². The monoisotopic (exact) mass is 206 g/mol. The number of carboxylic acid groups (broad SMARTS) is 1. The highest BCUT2D eigenvalue weighted by Crippen LogP contribution is 2.17. The lowest BCUT2D eigenvalue weighted by molar-refractivity contribution is 0.0695. The molecule has 1 N–H and O–H groups in total. The quantitative estimate of drug-likeness (QED) is 0.749. The maximum atomic E-state index is 11.0. The van der Waals surface area contributed by atoms with Crippen molar-refractivity contribution in [3.8, 4) is 0 Å². The molecule has 0 aliphatic rings. The molecule has 2 heteroatoms. The number of hydrogen-bond acceptors (Lipinski definition) is 1. The summed E-state index contributed by atoms with van der Waals surface area (Å²) in [6.07, 6.45) is 4.27. The summed E-state index contributed by atoms with van der Waals surface area (Å²) in [4.78, 5) is 11.0. The van der Waals surface area contributed by atoms with Crippen molar-refractivity contribution in [2.24, 2.45) is 0 Å². The Morgan fingerprint density at radius 3 is 2.67 bits per heavy atom. The van der Waals surface area contributed by atoms with E-state index < -0.39 is 5.97 Å². The van der Waals surface area contributed by atoms with Crippen molar-refractivity contribution in [3.05, 3.63) is 34.9 Å². The van der Waals surface area contributed by atoms with Crippen LogP contribution in [-0.2, 0) is 6.42 Å². The summed E-state index contributed by atoms with van der Waals surface area (Å²) in [6.45, 7) is 4.13. The first-order valence-corrected chi connectivity index (χ1v) is 5.48. The minimum absolute atomic E-state index is 0.464. The maximum Gasteiger partial charge on any atom is 0.335 e. The van der Waals surface area contributed by atoms with Crippen LogP contribution in [0.4, 0.5) is 0 Å². The van der Waals surface area contributed by atoms with E-state index >= 15 is 0 Å². The molecule has 0 radical (unpaired) electrons.